The van der Waals surface area contributed by atoms with E-state index in [0.717, 1.165) is 5.39 Å². The third-order valence-electron chi connectivity index (χ3n) is 3.48. The average molecular weight is 367 g/mol. The van der Waals surface area contributed by atoms with Gasteiger partial charge in [0.2, 0.25) is 0 Å². The topological polar surface area (TPSA) is 97.8 Å². The van der Waals surface area contributed by atoms with Gasteiger partial charge in [-0.05, 0) is 31.2 Å². The number of carboxylic acids is 1. The van der Waals surface area contributed by atoms with Crippen molar-refractivity contribution in [2.24, 2.45) is 0 Å². The van der Waals surface area contributed by atoms with Crippen LogP contribution in [0.1, 0.15) is 13.3 Å². The molecule has 8 heteroatoms. The zero-order chi connectivity index (χ0) is 18.4. The summed E-state index contributed by atoms with van der Waals surface area (Å²) in [4.78, 5) is 27.4. The maximum Gasteiger partial charge on any atom is 0.305 e. The Labute approximate surface area is 149 Å². The molecule has 0 aliphatic rings. The minimum absolute atomic E-state index is 0.0659. The van der Waals surface area contributed by atoms with Gasteiger partial charge < -0.3 is 19.9 Å². The molecule has 25 heavy (non-hydrogen) atoms. The maximum absolute atomic E-state index is 12.2. The van der Waals surface area contributed by atoms with Gasteiger partial charge in [0.15, 0.2) is 6.61 Å². The molecule has 134 valence electrons. The van der Waals surface area contributed by atoms with Crippen molar-refractivity contribution in [2.75, 3.05) is 20.3 Å². The number of methoxy groups -OCH3 is 1. The van der Waals surface area contributed by atoms with E-state index in [0.29, 0.717) is 16.3 Å². The highest BCUT2D eigenvalue weighted by atomic mass is 35.5. The second kappa shape index (κ2) is 8.13. The lowest BCUT2D eigenvalue weighted by atomic mass is 9.99. The highest BCUT2D eigenvalue weighted by Crippen LogP contribution is 2.29. The molecule has 0 fully saturated rings. The van der Waals surface area contributed by atoms with Crippen LogP contribution in [0, 0.1) is 0 Å². The molecule has 1 aromatic heterocycles. The number of carbonyl (C=O) groups is 2. The number of nitrogens with one attached hydrogen (secondary N) is 1. The van der Waals surface area contributed by atoms with Gasteiger partial charge in [0.25, 0.3) is 5.91 Å². The predicted molar refractivity (Wildman–Crippen MR) is 92.9 cm³/mol. The normalized spacial score (nSPS) is 13.2. The Morgan fingerprint density at radius 2 is 2.12 bits per heavy atom. The van der Waals surface area contributed by atoms with Gasteiger partial charge in [-0.2, -0.15) is 0 Å². The molecule has 0 radical (unpaired) electrons. The van der Waals surface area contributed by atoms with Crippen molar-refractivity contribution in [3.05, 3.63) is 35.5 Å². The van der Waals surface area contributed by atoms with E-state index >= 15 is 0 Å². The second-order valence-corrected chi connectivity index (χ2v) is 6.25. The number of carbonyl (C=O) groups excluding carboxylic acids is 1. The largest absolute Gasteiger partial charge is 0.481 e. The van der Waals surface area contributed by atoms with Gasteiger partial charge in [-0.25, -0.2) is 0 Å². The zero-order valence-corrected chi connectivity index (χ0v) is 14.7. The van der Waals surface area contributed by atoms with E-state index in [2.05, 4.69) is 10.3 Å². The lowest BCUT2D eigenvalue weighted by Crippen LogP contribution is -2.52. The monoisotopic (exact) mass is 366 g/mol. The summed E-state index contributed by atoms with van der Waals surface area (Å²) in [5, 5.41) is 12.9. The number of ether oxygens (including phenoxy) is 2. The van der Waals surface area contributed by atoms with Crippen molar-refractivity contribution in [1.29, 1.82) is 0 Å². The SMILES string of the molecule is COCC(C)(CC(=O)O)NC(=O)COc1ccc(Cl)c2cccnc12. The first-order chi connectivity index (χ1) is 11.8. The Bertz CT molecular complexity index is 783. The Balaban J connectivity index is 2.07. The van der Waals surface area contributed by atoms with Crippen molar-refractivity contribution in [3.8, 4) is 5.75 Å². The number of hydrogen-bond donors (Lipinski definition) is 2. The summed E-state index contributed by atoms with van der Waals surface area (Å²) in [6.07, 6.45) is 1.34. The molecule has 7 nitrogen and oxygen atoms in total. The molecule has 0 spiro atoms. The summed E-state index contributed by atoms with van der Waals surface area (Å²) >= 11 is 6.12. The first kappa shape index (κ1) is 19.0. The molecule has 1 aromatic carbocycles. The van der Waals surface area contributed by atoms with E-state index < -0.39 is 17.4 Å². The van der Waals surface area contributed by atoms with Gasteiger partial charge in [-0.15, -0.1) is 0 Å². The number of aromatic nitrogens is 1. The second-order valence-electron chi connectivity index (χ2n) is 5.85. The lowest BCUT2D eigenvalue weighted by molar-refractivity contribution is -0.139. The minimum Gasteiger partial charge on any atom is -0.481 e. The molecule has 1 atom stereocenters. The van der Waals surface area contributed by atoms with Crippen LogP contribution in [-0.4, -0.2) is 47.8 Å². The quantitative estimate of drug-likeness (QED) is 0.743. The smallest absolute Gasteiger partial charge is 0.305 e. The number of amides is 1. The molecule has 1 unspecified atom stereocenters. The van der Waals surface area contributed by atoms with Crippen LogP contribution in [0.2, 0.25) is 5.02 Å². The summed E-state index contributed by atoms with van der Waals surface area (Å²) in [5.74, 6) is -1.07. The number of pyridine rings is 1. The predicted octanol–water partition coefficient (Wildman–Crippen LogP) is 2.26. The summed E-state index contributed by atoms with van der Waals surface area (Å²) in [5.41, 5.74) is -0.477. The van der Waals surface area contributed by atoms with Crippen molar-refractivity contribution >= 4 is 34.4 Å². The number of fused-ring (bicyclic) bond motifs is 1. The molecule has 0 aliphatic carbocycles. The molecular weight excluding hydrogens is 348 g/mol. The van der Waals surface area contributed by atoms with E-state index in [1.165, 1.54) is 7.11 Å². The Morgan fingerprint density at radius 1 is 1.36 bits per heavy atom. The lowest BCUT2D eigenvalue weighted by Gasteiger charge is -2.28. The number of aliphatic carboxylic acids is 1. The molecule has 0 aliphatic heterocycles. The van der Waals surface area contributed by atoms with Crippen LogP contribution in [0.5, 0.6) is 5.75 Å². The third-order valence-corrected chi connectivity index (χ3v) is 3.81. The van der Waals surface area contributed by atoms with E-state index in [1.54, 1.807) is 37.4 Å². The van der Waals surface area contributed by atoms with Gasteiger partial charge in [-0.3, -0.25) is 14.6 Å². The van der Waals surface area contributed by atoms with Gasteiger partial charge >= 0.3 is 5.97 Å². The van der Waals surface area contributed by atoms with Crippen molar-refractivity contribution < 1.29 is 24.2 Å². The highest BCUT2D eigenvalue weighted by Gasteiger charge is 2.29. The van der Waals surface area contributed by atoms with Crippen LogP contribution < -0.4 is 10.1 Å². The molecule has 1 amide bonds. The van der Waals surface area contributed by atoms with Crippen molar-refractivity contribution in [2.45, 2.75) is 18.9 Å². The summed E-state index contributed by atoms with van der Waals surface area (Å²) < 4.78 is 10.5. The molecule has 2 aromatic rings. The Hall–Kier alpha value is -2.38. The first-order valence-electron chi connectivity index (χ1n) is 7.52. The van der Waals surface area contributed by atoms with Gasteiger partial charge in [0.05, 0.1) is 23.6 Å². The molecule has 1 heterocycles. The van der Waals surface area contributed by atoms with Crippen LogP contribution in [0.15, 0.2) is 30.5 Å². The summed E-state index contributed by atoms with van der Waals surface area (Å²) in [6.45, 7) is 1.38. The minimum atomic E-state index is -1.03. The van der Waals surface area contributed by atoms with Crippen LogP contribution in [0.4, 0.5) is 0 Å². The summed E-state index contributed by atoms with van der Waals surface area (Å²) in [7, 11) is 1.44. The van der Waals surface area contributed by atoms with Crippen LogP contribution in [0.25, 0.3) is 10.9 Å². The number of halogens is 1. The number of hydrogen-bond acceptors (Lipinski definition) is 5. The fourth-order valence-corrected chi connectivity index (χ4v) is 2.74. The molecule has 2 rings (SSSR count). The third kappa shape index (κ3) is 5.04. The van der Waals surface area contributed by atoms with E-state index in [1.807, 2.05) is 0 Å². The first-order valence-corrected chi connectivity index (χ1v) is 7.90. The number of rotatable bonds is 8. The van der Waals surface area contributed by atoms with Crippen LogP contribution in [0.3, 0.4) is 0 Å². The molecule has 2 N–H and O–H groups in total. The van der Waals surface area contributed by atoms with Gasteiger partial charge in [-0.1, -0.05) is 11.6 Å². The molecule has 0 saturated carbocycles. The number of benzene rings is 1. The number of nitrogens with zero attached hydrogens (tertiary/aromatic N) is 1. The fraction of sp³-hybridized carbons (Fsp3) is 0.353. The van der Waals surface area contributed by atoms with Crippen molar-refractivity contribution in [1.82, 2.24) is 10.3 Å². The molecule has 0 bridgehead atoms. The molecule has 0 saturated heterocycles. The standard InChI is InChI=1S/C17H19ClN2O5/c1-17(10-24-2,8-15(22)23)20-14(21)9-25-13-6-5-12(18)11-4-3-7-19-16(11)13/h3-7H,8-10H2,1-2H3,(H,20,21)(H,22,23). The number of carboxylic acid groups (broad SMARTS) is 1. The van der Waals surface area contributed by atoms with Gasteiger partial charge in [0.1, 0.15) is 11.3 Å². The maximum atomic E-state index is 12.2. The fourth-order valence-electron chi connectivity index (χ4n) is 2.53. The summed E-state index contributed by atoms with van der Waals surface area (Å²) in [6, 6.07) is 6.86. The van der Waals surface area contributed by atoms with Crippen molar-refractivity contribution in [3.63, 3.8) is 0 Å². The van der Waals surface area contributed by atoms with E-state index in [-0.39, 0.29) is 19.6 Å². The highest BCUT2D eigenvalue weighted by molar-refractivity contribution is 6.35. The molecular formula is C17H19ClN2O5. The van der Waals surface area contributed by atoms with Crippen LogP contribution in [-0.2, 0) is 14.3 Å². The van der Waals surface area contributed by atoms with Crippen LogP contribution >= 0.6 is 11.6 Å². The average Bonchev–Trinajstić information content (AvgIpc) is 2.53. The zero-order valence-electron chi connectivity index (χ0n) is 13.9. The van der Waals surface area contributed by atoms with E-state index in [4.69, 9.17) is 26.2 Å². The Kier molecular flexibility index (Phi) is 6.17. The van der Waals surface area contributed by atoms with E-state index in [9.17, 15) is 9.59 Å². The Morgan fingerprint density at radius 3 is 2.80 bits per heavy atom. The van der Waals surface area contributed by atoms with Gasteiger partial charge in [0, 0.05) is 18.7 Å².